The lowest BCUT2D eigenvalue weighted by Gasteiger charge is -2.24. The number of nitrogens with one attached hydrogen (secondary N) is 7. The molecule has 0 radical (unpaired) electrons. The Bertz CT molecular complexity index is 2510. The molecule has 0 aliphatic heterocycles. The van der Waals surface area contributed by atoms with E-state index in [1.54, 1.807) is 42.1 Å². The number of carbonyl (C=O) groups excluding carboxylic acids is 7. The Balaban J connectivity index is 1.61. The monoisotopic (exact) mass is 1110 g/mol. The van der Waals surface area contributed by atoms with Crippen LogP contribution in [0.3, 0.4) is 0 Å². The minimum atomic E-state index is -1.61. The molecule has 30 heteroatoms. The summed E-state index contributed by atoms with van der Waals surface area (Å²) in [5.41, 5.74) is 24.1. The van der Waals surface area contributed by atoms with Crippen molar-refractivity contribution in [1.29, 1.82) is 0 Å². The van der Waals surface area contributed by atoms with E-state index in [0.717, 1.165) is 0 Å². The van der Waals surface area contributed by atoms with Crippen LogP contribution in [0, 0.1) is 0 Å². The second-order valence-corrected chi connectivity index (χ2v) is 19.0. The molecule has 0 aromatic carbocycles. The van der Waals surface area contributed by atoms with Gasteiger partial charge in [0.25, 0.3) is 0 Å². The third kappa shape index (κ3) is 24.8. The summed E-state index contributed by atoms with van der Waals surface area (Å²) < 4.78 is 0. The number of amides is 7. The maximum absolute atomic E-state index is 13.7. The normalized spacial score (nSPS) is 12.8. The topological polar surface area (TPSA) is 459 Å². The first-order valence-corrected chi connectivity index (χ1v) is 27.2. The van der Waals surface area contributed by atoms with Gasteiger partial charge in [-0.05, 0) is 99.8 Å². The molecule has 7 amide bonds. The molecule has 420 valence electrons. The highest BCUT2D eigenvalue weighted by molar-refractivity contribution is 7.98. The number of carboxylic acid groups (broad SMARTS) is 2. The number of pyridine rings is 1. The van der Waals surface area contributed by atoms with Gasteiger partial charge in [-0.1, -0.05) is 6.07 Å². The number of carbonyl (C=O) groups is 9. The fourth-order valence-corrected chi connectivity index (χ4v) is 7.86. The van der Waals surface area contributed by atoms with Gasteiger partial charge in [0.05, 0.1) is 54.9 Å². The largest absolute Gasteiger partial charge is 0.481 e. The van der Waals surface area contributed by atoms with Crippen LogP contribution in [0.2, 0.25) is 0 Å². The van der Waals surface area contributed by atoms with Gasteiger partial charge in [0, 0.05) is 31.8 Å². The van der Waals surface area contributed by atoms with Gasteiger partial charge >= 0.3 is 11.9 Å². The summed E-state index contributed by atoms with van der Waals surface area (Å²) in [5, 5.41) is 36.3. The van der Waals surface area contributed by atoms with Crippen molar-refractivity contribution in [2.24, 2.45) is 27.9 Å². The first-order chi connectivity index (χ1) is 36.8. The zero-order valence-corrected chi connectivity index (χ0v) is 44.5. The fourth-order valence-electron chi connectivity index (χ4n) is 6.90. The van der Waals surface area contributed by atoms with Crippen LogP contribution in [0.4, 0.5) is 0 Å². The van der Waals surface area contributed by atoms with Gasteiger partial charge in [0.2, 0.25) is 41.4 Å². The Morgan fingerprint density at radius 1 is 0.597 bits per heavy atom. The van der Waals surface area contributed by atoms with Crippen molar-refractivity contribution < 1.29 is 53.4 Å². The molecular weight excluding hydrogens is 1040 g/mol. The van der Waals surface area contributed by atoms with Crippen molar-refractivity contribution >= 4 is 82.8 Å². The van der Waals surface area contributed by atoms with Gasteiger partial charge in [-0.2, -0.15) is 23.5 Å². The van der Waals surface area contributed by atoms with E-state index in [1.807, 2.05) is 12.5 Å². The SMILES string of the molecule is CSCC[C@H](NC(=O)[C@@H](N)CCSC)C(=O)N[C@@H](CCCN=C(N)N)C(=O)NCc1nccc(-c2cccc(-c3ccnc(CNC(=O)CCC(=O)N[C@@H](CC(=O)O)C(=O)NCC(=O)N[C@@H](CCCCN)C(=O)O)n3)n2)n1. The lowest BCUT2D eigenvalue weighted by molar-refractivity contribution is -0.142. The smallest absolute Gasteiger partial charge is 0.326 e. The zero-order valence-electron chi connectivity index (χ0n) is 42.8. The molecule has 77 heavy (non-hydrogen) atoms. The average molecular weight is 1110 g/mol. The van der Waals surface area contributed by atoms with Crippen LogP contribution in [-0.2, 0) is 56.2 Å². The van der Waals surface area contributed by atoms with Gasteiger partial charge in [-0.25, -0.2) is 29.7 Å². The number of hydrogen-bond donors (Lipinski definition) is 13. The summed E-state index contributed by atoms with van der Waals surface area (Å²) in [7, 11) is 0. The Morgan fingerprint density at radius 2 is 1.14 bits per heavy atom. The molecule has 0 unspecified atom stereocenters. The summed E-state index contributed by atoms with van der Waals surface area (Å²) in [4.78, 5) is 140. The van der Waals surface area contributed by atoms with E-state index in [2.05, 4.69) is 62.1 Å². The molecule has 0 spiro atoms. The number of rotatable bonds is 36. The molecule has 28 nitrogen and oxygen atoms in total. The number of unbranched alkanes of at least 4 members (excludes halogenated alkanes) is 1. The second kappa shape index (κ2) is 34.9. The molecule has 0 fully saturated rings. The van der Waals surface area contributed by atoms with E-state index in [1.165, 1.54) is 24.2 Å². The summed E-state index contributed by atoms with van der Waals surface area (Å²) in [6.45, 7) is -0.438. The minimum Gasteiger partial charge on any atom is -0.481 e. The summed E-state index contributed by atoms with van der Waals surface area (Å²) in [6, 6.07) is 2.71. The minimum absolute atomic E-state index is 0.104. The first-order valence-electron chi connectivity index (χ1n) is 24.4. The number of carboxylic acids is 2. The third-order valence-electron chi connectivity index (χ3n) is 11.0. The van der Waals surface area contributed by atoms with Gasteiger partial charge in [-0.15, -0.1) is 0 Å². The van der Waals surface area contributed by atoms with Crippen LogP contribution < -0.4 is 60.2 Å². The maximum Gasteiger partial charge on any atom is 0.326 e. The maximum atomic E-state index is 13.7. The van der Waals surface area contributed by atoms with E-state index in [9.17, 15) is 53.4 Å². The summed E-state index contributed by atoms with van der Waals surface area (Å²) in [5.74, 6) is -6.07. The van der Waals surface area contributed by atoms with Crippen molar-refractivity contribution in [1.82, 2.24) is 62.1 Å². The van der Waals surface area contributed by atoms with Gasteiger partial charge in [0.15, 0.2) is 5.96 Å². The average Bonchev–Trinajstić information content (AvgIpc) is 3.41. The quantitative estimate of drug-likeness (QED) is 0.0165. The van der Waals surface area contributed by atoms with Crippen molar-refractivity contribution in [3.8, 4) is 22.8 Å². The lowest BCUT2D eigenvalue weighted by atomic mass is 10.1. The molecule has 3 aromatic heterocycles. The molecule has 17 N–H and O–H groups in total. The van der Waals surface area contributed by atoms with Crippen LogP contribution in [0.5, 0.6) is 0 Å². The van der Waals surface area contributed by atoms with E-state index >= 15 is 0 Å². The Hall–Kier alpha value is -7.57. The van der Waals surface area contributed by atoms with E-state index in [4.69, 9.17) is 27.9 Å². The molecule has 0 bridgehead atoms. The standard InChI is InChI=1S/C47H69N17O11S2/c1-76-21-15-27(49)42(70)63-33(16-22-77-2)45(73)64-32(10-6-18-54-47(50)51)43(71)56-25-37-53-20-14-31(60-37)29-9-5-8-28(58-29)30-13-19-52-36(59-30)24-55-38(65)11-12-39(66)62-35(23-41(68)69)44(72)57-26-40(67)61-34(46(74)75)7-3-4-17-48/h5,8-9,13-14,19-20,27,32-35H,3-4,6-7,10-12,15-18,21-26,48-49H2,1-2H3,(H,55,65)(H,56,71)(H,57,72)(H,61,67)(H,62,66)(H,63,70)(H,64,73)(H,68,69)(H,74,75)(H4,50,51,54)/t27-,32-,33-,34-,35-/m0/s1. The molecular formula is C47H69N17O11S2. The van der Waals surface area contributed by atoms with Crippen LogP contribution >= 0.6 is 23.5 Å². The van der Waals surface area contributed by atoms with Crippen LogP contribution in [0.1, 0.15) is 75.9 Å². The highest BCUT2D eigenvalue weighted by Crippen LogP contribution is 2.20. The Morgan fingerprint density at radius 3 is 1.74 bits per heavy atom. The number of hydrogen-bond acceptors (Lipinski definition) is 19. The van der Waals surface area contributed by atoms with E-state index in [0.29, 0.717) is 72.9 Å². The van der Waals surface area contributed by atoms with Crippen LogP contribution in [0.25, 0.3) is 22.8 Å². The molecule has 3 aromatic rings. The van der Waals surface area contributed by atoms with Crippen molar-refractivity contribution in [3.05, 3.63) is 54.4 Å². The summed E-state index contributed by atoms with van der Waals surface area (Å²) in [6.07, 6.45) is 7.37. The number of aliphatic imine (C=N–C) groups is 1. The number of aliphatic carboxylic acids is 2. The molecule has 0 saturated heterocycles. The van der Waals surface area contributed by atoms with Gasteiger partial charge < -0.3 is 70.4 Å². The molecule has 3 heterocycles. The van der Waals surface area contributed by atoms with Gasteiger partial charge in [-0.3, -0.25) is 43.3 Å². The fraction of sp³-hybridized carbons (Fsp3) is 0.511. The number of nitrogens with two attached hydrogens (primary N) is 4. The molecule has 0 aliphatic rings. The lowest BCUT2D eigenvalue weighted by Crippen LogP contribution is -2.56. The second-order valence-electron chi connectivity index (χ2n) is 17.0. The third-order valence-corrected chi connectivity index (χ3v) is 12.2. The Labute approximate surface area is 452 Å². The van der Waals surface area contributed by atoms with Gasteiger partial charge in [0.1, 0.15) is 35.8 Å². The van der Waals surface area contributed by atoms with E-state index < -0.39 is 103 Å². The zero-order chi connectivity index (χ0) is 56.7. The molecule has 3 rings (SSSR count). The predicted molar refractivity (Wildman–Crippen MR) is 287 cm³/mol. The first kappa shape index (κ1) is 63.7. The highest BCUT2D eigenvalue weighted by Gasteiger charge is 2.29. The number of aromatic nitrogens is 5. The van der Waals surface area contributed by atoms with Crippen molar-refractivity contribution in [2.75, 3.05) is 43.7 Å². The van der Waals surface area contributed by atoms with Crippen molar-refractivity contribution in [2.45, 2.75) is 108 Å². The molecule has 0 aliphatic carbocycles. The number of nitrogens with zero attached hydrogens (tertiary/aromatic N) is 6. The molecule has 5 atom stereocenters. The number of guanidine groups is 1. The Kier molecular flexibility index (Phi) is 28.9. The summed E-state index contributed by atoms with van der Waals surface area (Å²) >= 11 is 3.04. The van der Waals surface area contributed by atoms with Crippen molar-refractivity contribution in [3.63, 3.8) is 0 Å². The van der Waals surface area contributed by atoms with Crippen LogP contribution in [-0.4, -0.2) is 168 Å². The predicted octanol–water partition coefficient (Wildman–Crippen LogP) is -2.36. The molecule has 0 saturated carbocycles. The highest BCUT2D eigenvalue weighted by atomic mass is 32.2. The van der Waals surface area contributed by atoms with Crippen LogP contribution in [0.15, 0.2) is 47.7 Å². The van der Waals surface area contributed by atoms with E-state index in [-0.39, 0.29) is 56.5 Å². The number of thioether (sulfide) groups is 2.